The Labute approximate surface area is 143 Å². The van der Waals surface area contributed by atoms with Crippen molar-refractivity contribution in [2.45, 2.75) is 6.92 Å². The minimum atomic E-state index is -0.0360. The lowest BCUT2D eigenvalue weighted by atomic mass is 10.1. The van der Waals surface area contributed by atoms with Gasteiger partial charge < -0.3 is 15.1 Å². The van der Waals surface area contributed by atoms with Gasteiger partial charge in [-0.1, -0.05) is 48.0 Å². The third kappa shape index (κ3) is 4.16. The molecule has 0 bridgehead atoms. The zero-order valence-corrected chi connectivity index (χ0v) is 14.0. The van der Waals surface area contributed by atoms with Crippen molar-refractivity contribution in [2.75, 3.05) is 31.1 Å². The molecule has 4 heteroatoms. The van der Waals surface area contributed by atoms with E-state index in [1.54, 1.807) is 6.20 Å². The Balaban J connectivity index is 1.47. The number of piperazine rings is 1. The highest BCUT2D eigenvalue weighted by Gasteiger charge is 2.20. The largest absolute Gasteiger partial charge is 0.368 e. The predicted octanol–water partition coefficient (Wildman–Crippen LogP) is 3.50. The van der Waals surface area contributed by atoms with Crippen molar-refractivity contribution < 1.29 is 4.79 Å². The molecule has 1 heterocycles. The van der Waals surface area contributed by atoms with Crippen LogP contribution in [-0.4, -0.2) is 37.1 Å². The first-order chi connectivity index (χ1) is 11.7. The first-order valence-corrected chi connectivity index (χ1v) is 8.31. The molecule has 24 heavy (non-hydrogen) atoms. The number of carbonyl (C=O) groups excluding carboxylic acids is 1. The van der Waals surface area contributed by atoms with E-state index in [0.717, 1.165) is 31.7 Å². The van der Waals surface area contributed by atoms with Crippen LogP contribution in [0.3, 0.4) is 0 Å². The lowest BCUT2D eigenvalue weighted by Crippen LogP contribution is -2.51. The van der Waals surface area contributed by atoms with Gasteiger partial charge >= 0.3 is 6.03 Å². The monoisotopic (exact) mass is 321 g/mol. The molecule has 2 aromatic carbocycles. The molecule has 1 aliphatic heterocycles. The van der Waals surface area contributed by atoms with Gasteiger partial charge in [0.05, 0.1) is 0 Å². The Bertz CT molecular complexity index is 687. The zero-order valence-electron chi connectivity index (χ0n) is 14.0. The van der Waals surface area contributed by atoms with E-state index in [4.69, 9.17) is 0 Å². The molecule has 0 aromatic heterocycles. The third-order valence-electron chi connectivity index (χ3n) is 4.25. The minimum absolute atomic E-state index is 0.0360. The standard InChI is InChI=1S/C20H23N3O/c1-17-7-9-18(10-8-17)11-12-21-20(24)23-15-13-22(14-16-23)19-5-3-2-4-6-19/h2-12H,13-16H2,1H3,(H,21,24)/b12-11+. The van der Waals surface area contributed by atoms with Gasteiger partial charge in [0.25, 0.3) is 0 Å². The van der Waals surface area contributed by atoms with Gasteiger partial charge in [0.2, 0.25) is 0 Å². The number of rotatable bonds is 3. The van der Waals surface area contributed by atoms with Crippen molar-refractivity contribution in [3.63, 3.8) is 0 Å². The highest BCUT2D eigenvalue weighted by Crippen LogP contribution is 2.15. The number of anilines is 1. The van der Waals surface area contributed by atoms with E-state index in [9.17, 15) is 4.79 Å². The van der Waals surface area contributed by atoms with Crippen molar-refractivity contribution in [2.24, 2.45) is 0 Å². The van der Waals surface area contributed by atoms with Gasteiger partial charge in [0.1, 0.15) is 0 Å². The topological polar surface area (TPSA) is 35.6 Å². The Morgan fingerprint density at radius 2 is 1.62 bits per heavy atom. The Morgan fingerprint density at radius 3 is 2.29 bits per heavy atom. The molecule has 0 aliphatic carbocycles. The van der Waals surface area contributed by atoms with Crippen LogP contribution in [0.1, 0.15) is 11.1 Å². The maximum atomic E-state index is 12.2. The average molecular weight is 321 g/mol. The van der Waals surface area contributed by atoms with E-state index >= 15 is 0 Å². The summed E-state index contributed by atoms with van der Waals surface area (Å²) in [7, 11) is 0. The van der Waals surface area contributed by atoms with Crippen LogP contribution < -0.4 is 10.2 Å². The highest BCUT2D eigenvalue weighted by atomic mass is 16.2. The van der Waals surface area contributed by atoms with E-state index in [1.807, 2.05) is 41.3 Å². The number of hydrogen-bond donors (Lipinski definition) is 1. The molecule has 3 rings (SSSR count). The molecule has 2 amide bonds. The Hall–Kier alpha value is -2.75. The molecule has 1 saturated heterocycles. The second kappa shape index (κ2) is 7.68. The summed E-state index contributed by atoms with van der Waals surface area (Å²) < 4.78 is 0. The van der Waals surface area contributed by atoms with Crippen LogP contribution in [0.15, 0.2) is 60.8 Å². The summed E-state index contributed by atoms with van der Waals surface area (Å²) in [6.07, 6.45) is 3.63. The van der Waals surface area contributed by atoms with Gasteiger partial charge in [-0.3, -0.25) is 0 Å². The summed E-state index contributed by atoms with van der Waals surface area (Å²) in [5.74, 6) is 0. The molecule has 1 N–H and O–H groups in total. The maximum Gasteiger partial charge on any atom is 0.321 e. The van der Waals surface area contributed by atoms with Crippen LogP contribution >= 0.6 is 0 Å². The number of nitrogens with zero attached hydrogens (tertiary/aromatic N) is 2. The van der Waals surface area contributed by atoms with Crippen LogP contribution in [0.2, 0.25) is 0 Å². The number of carbonyl (C=O) groups is 1. The lowest BCUT2D eigenvalue weighted by Gasteiger charge is -2.35. The molecule has 4 nitrogen and oxygen atoms in total. The smallest absolute Gasteiger partial charge is 0.321 e. The third-order valence-corrected chi connectivity index (χ3v) is 4.25. The van der Waals surface area contributed by atoms with Crippen molar-refractivity contribution >= 4 is 17.8 Å². The van der Waals surface area contributed by atoms with Gasteiger partial charge in [-0.2, -0.15) is 0 Å². The van der Waals surface area contributed by atoms with Crippen molar-refractivity contribution in [1.82, 2.24) is 10.2 Å². The Kier molecular flexibility index (Phi) is 5.16. The van der Waals surface area contributed by atoms with Crippen molar-refractivity contribution in [1.29, 1.82) is 0 Å². The average Bonchev–Trinajstić information content (AvgIpc) is 2.64. The van der Waals surface area contributed by atoms with E-state index in [1.165, 1.54) is 11.3 Å². The first kappa shape index (κ1) is 16.1. The van der Waals surface area contributed by atoms with Crippen LogP contribution in [0.5, 0.6) is 0 Å². The molecule has 1 aliphatic rings. The number of nitrogens with one attached hydrogen (secondary N) is 1. The van der Waals surface area contributed by atoms with E-state index in [-0.39, 0.29) is 6.03 Å². The second-order valence-corrected chi connectivity index (χ2v) is 6.00. The zero-order chi connectivity index (χ0) is 16.8. The van der Waals surface area contributed by atoms with E-state index in [0.29, 0.717) is 0 Å². The summed E-state index contributed by atoms with van der Waals surface area (Å²) in [6.45, 7) is 5.25. The molecule has 2 aromatic rings. The van der Waals surface area contributed by atoms with Crippen LogP contribution in [-0.2, 0) is 0 Å². The predicted molar refractivity (Wildman–Crippen MR) is 99.0 cm³/mol. The Morgan fingerprint density at radius 1 is 0.958 bits per heavy atom. The number of para-hydroxylation sites is 1. The summed E-state index contributed by atoms with van der Waals surface area (Å²) in [6, 6.07) is 18.5. The number of amides is 2. The van der Waals surface area contributed by atoms with Crippen molar-refractivity contribution in [3.05, 3.63) is 71.9 Å². The summed E-state index contributed by atoms with van der Waals surface area (Å²) >= 11 is 0. The number of aryl methyl sites for hydroxylation is 1. The van der Waals surface area contributed by atoms with E-state index < -0.39 is 0 Å². The molecule has 0 atom stereocenters. The number of hydrogen-bond acceptors (Lipinski definition) is 2. The van der Waals surface area contributed by atoms with Gasteiger partial charge in [-0.15, -0.1) is 0 Å². The lowest BCUT2D eigenvalue weighted by molar-refractivity contribution is 0.198. The molecule has 0 radical (unpaired) electrons. The van der Waals surface area contributed by atoms with Gasteiger partial charge in [-0.05, 0) is 30.7 Å². The van der Waals surface area contributed by atoms with Gasteiger partial charge in [0, 0.05) is 38.1 Å². The minimum Gasteiger partial charge on any atom is -0.368 e. The van der Waals surface area contributed by atoms with Gasteiger partial charge in [0.15, 0.2) is 0 Å². The van der Waals surface area contributed by atoms with Crippen LogP contribution in [0.4, 0.5) is 10.5 Å². The maximum absolute atomic E-state index is 12.2. The quantitative estimate of drug-likeness (QED) is 0.939. The van der Waals surface area contributed by atoms with E-state index in [2.05, 4.69) is 41.4 Å². The molecular weight excluding hydrogens is 298 g/mol. The molecule has 0 saturated carbocycles. The normalized spacial score (nSPS) is 14.9. The summed E-state index contributed by atoms with van der Waals surface area (Å²) in [5, 5.41) is 2.86. The van der Waals surface area contributed by atoms with Crippen LogP contribution in [0.25, 0.3) is 6.08 Å². The summed E-state index contributed by atoms with van der Waals surface area (Å²) in [4.78, 5) is 16.4. The van der Waals surface area contributed by atoms with Gasteiger partial charge in [-0.25, -0.2) is 4.79 Å². The fraction of sp³-hybridized carbons (Fsp3) is 0.250. The second-order valence-electron chi connectivity index (χ2n) is 6.00. The molecule has 0 spiro atoms. The number of urea groups is 1. The SMILES string of the molecule is Cc1ccc(/C=C/NC(=O)N2CCN(c3ccccc3)CC2)cc1. The molecule has 1 fully saturated rings. The van der Waals surface area contributed by atoms with Crippen molar-refractivity contribution in [3.8, 4) is 0 Å². The summed E-state index contributed by atoms with van der Waals surface area (Å²) in [5.41, 5.74) is 3.53. The number of benzene rings is 2. The molecule has 0 unspecified atom stereocenters. The first-order valence-electron chi connectivity index (χ1n) is 8.31. The molecule has 124 valence electrons. The highest BCUT2D eigenvalue weighted by molar-refractivity contribution is 5.76. The fourth-order valence-electron chi connectivity index (χ4n) is 2.78. The van der Waals surface area contributed by atoms with Crippen LogP contribution in [0, 0.1) is 6.92 Å². The fourth-order valence-corrected chi connectivity index (χ4v) is 2.78. The molecular formula is C20H23N3O.